The molecule has 1 aliphatic heterocycles. The zero-order valence-corrected chi connectivity index (χ0v) is 11.6. The molecule has 0 spiro atoms. The highest BCUT2D eigenvalue weighted by molar-refractivity contribution is 6.31. The number of hydrogen-bond donors (Lipinski definition) is 1. The van der Waals surface area contributed by atoms with Crippen molar-refractivity contribution in [1.29, 1.82) is 0 Å². The van der Waals surface area contributed by atoms with Gasteiger partial charge in [0.25, 0.3) is 5.91 Å². The number of aliphatic imine (C=N–C) groups is 1. The van der Waals surface area contributed by atoms with Crippen LogP contribution in [0.4, 0.5) is 0 Å². The van der Waals surface area contributed by atoms with Crippen LogP contribution in [0.2, 0.25) is 5.02 Å². The maximum absolute atomic E-state index is 12.0. The first-order valence-electron chi connectivity index (χ1n) is 5.72. The van der Waals surface area contributed by atoms with Crippen LogP contribution in [0, 0.1) is 5.92 Å². The Hall–Kier alpha value is -1.49. The monoisotopic (exact) mass is 269 g/mol. The molecule has 0 fully saturated rings. The van der Waals surface area contributed by atoms with Gasteiger partial charge in [0.2, 0.25) is 0 Å². The van der Waals surface area contributed by atoms with Gasteiger partial charge in [0, 0.05) is 0 Å². The van der Waals surface area contributed by atoms with Crippen molar-refractivity contribution in [2.24, 2.45) is 10.9 Å². The minimum atomic E-state index is -0.745. The van der Waals surface area contributed by atoms with E-state index >= 15 is 0 Å². The number of nitrogens with zero attached hydrogens (tertiary/aromatic N) is 2. The lowest BCUT2D eigenvalue weighted by Gasteiger charge is -2.21. The first kappa shape index (κ1) is 13.0. The third-order valence-electron chi connectivity index (χ3n) is 3.35. The molecule has 2 heterocycles. The average molecular weight is 270 g/mol. The molecule has 5 nitrogen and oxygen atoms in total. The topological polar surface area (TPSA) is 55.6 Å². The zero-order chi connectivity index (χ0) is 13.5. The Balaban J connectivity index is 2.44. The van der Waals surface area contributed by atoms with Crippen molar-refractivity contribution >= 4 is 23.3 Å². The molecule has 0 saturated carbocycles. The third-order valence-corrected chi connectivity index (χ3v) is 3.56. The van der Waals surface area contributed by atoms with E-state index in [9.17, 15) is 4.79 Å². The first-order chi connectivity index (χ1) is 8.38. The second-order valence-corrected chi connectivity index (χ2v) is 5.21. The lowest BCUT2D eigenvalue weighted by molar-refractivity contribution is -0.124. The van der Waals surface area contributed by atoms with E-state index in [1.54, 1.807) is 12.3 Å². The fourth-order valence-electron chi connectivity index (χ4n) is 1.79. The Bertz CT molecular complexity index is 521. The van der Waals surface area contributed by atoms with Gasteiger partial charge in [-0.05, 0) is 18.9 Å². The number of halogens is 1. The Morgan fingerprint density at radius 3 is 2.72 bits per heavy atom. The molecule has 1 amide bonds. The first-order valence-corrected chi connectivity index (χ1v) is 6.10. The van der Waals surface area contributed by atoms with Gasteiger partial charge in [-0.25, -0.2) is 4.99 Å². The van der Waals surface area contributed by atoms with Crippen molar-refractivity contribution < 1.29 is 9.63 Å². The van der Waals surface area contributed by atoms with Crippen molar-refractivity contribution in [3.8, 4) is 0 Å². The lowest BCUT2D eigenvalue weighted by atomic mass is 9.89. The molecule has 1 atom stereocenters. The number of aromatic nitrogens is 1. The van der Waals surface area contributed by atoms with Crippen LogP contribution < -0.4 is 10.2 Å². The van der Waals surface area contributed by atoms with Gasteiger partial charge in [-0.15, -0.1) is 0 Å². The number of carbonyl (C=O) groups excluding carboxylic acids is 1. The smallest absolute Gasteiger partial charge is 0.253 e. The second kappa shape index (κ2) is 4.31. The van der Waals surface area contributed by atoms with Gasteiger partial charge in [0.05, 0.1) is 11.2 Å². The van der Waals surface area contributed by atoms with Crippen LogP contribution in [0.5, 0.6) is 0 Å². The predicted molar refractivity (Wildman–Crippen MR) is 69.9 cm³/mol. The van der Waals surface area contributed by atoms with Crippen LogP contribution in [0.1, 0.15) is 26.5 Å². The van der Waals surface area contributed by atoms with E-state index in [-0.39, 0.29) is 11.8 Å². The normalized spacial score (nSPS) is 23.2. The summed E-state index contributed by atoms with van der Waals surface area (Å²) in [6.07, 6.45) is 1.62. The SMILES string of the molecule is COn1cc(Cl)cc1C1=NC(C)(C(C)C)C(=O)N1. The van der Waals surface area contributed by atoms with Crippen molar-refractivity contribution in [3.63, 3.8) is 0 Å². The number of carbonyl (C=O) groups is 1. The summed E-state index contributed by atoms with van der Waals surface area (Å²) in [5.41, 5.74) is -0.106. The standard InChI is InChI=1S/C12H16ClN3O2/c1-7(2)12(3)11(17)14-10(15-12)9-5-8(13)6-16(9)18-4/h5-7H,1-4H3,(H,14,15,17). The number of hydrogen-bond acceptors (Lipinski definition) is 3. The molecule has 1 unspecified atom stereocenters. The molecule has 98 valence electrons. The summed E-state index contributed by atoms with van der Waals surface area (Å²) in [7, 11) is 1.53. The van der Waals surface area contributed by atoms with Crippen molar-refractivity contribution in [3.05, 3.63) is 23.0 Å². The predicted octanol–water partition coefficient (Wildman–Crippen LogP) is 1.49. The summed E-state index contributed by atoms with van der Waals surface area (Å²) in [6, 6.07) is 1.70. The summed E-state index contributed by atoms with van der Waals surface area (Å²) in [5.74, 6) is 0.494. The number of rotatable bonds is 3. The molecule has 0 bridgehead atoms. The molecule has 2 rings (SSSR count). The van der Waals surface area contributed by atoms with Gasteiger partial charge in [-0.3, -0.25) is 4.79 Å². The molecule has 0 aliphatic carbocycles. The fourth-order valence-corrected chi connectivity index (χ4v) is 1.99. The second-order valence-electron chi connectivity index (χ2n) is 4.77. The van der Waals surface area contributed by atoms with Crippen LogP contribution in [-0.4, -0.2) is 29.1 Å². The average Bonchev–Trinajstić information content (AvgIpc) is 2.81. The molecule has 0 saturated heterocycles. The van der Waals surface area contributed by atoms with Crippen LogP contribution in [0.25, 0.3) is 0 Å². The van der Waals surface area contributed by atoms with Crippen LogP contribution in [-0.2, 0) is 4.79 Å². The van der Waals surface area contributed by atoms with Crippen LogP contribution in [0.3, 0.4) is 0 Å². The highest BCUT2D eigenvalue weighted by atomic mass is 35.5. The Morgan fingerprint density at radius 2 is 2.22 bits per heavy atom. The van der Waals surface area contributed by atoms with E-state index in [0.29, 0.717) is 16.6 Å². The van der Waals surface area contributed by atoms with E-state index in [1.165, 1.54) is 11.8 Å². The van der Waals surface area contributed by atoms with E-state index in [4.69, 9.17) is 16.4 Å². The molecular formula is C12H16ClN3O2. The molecule has 1 aromatic rings. The minimum Gasteiger partial charge on any atom is -0.417 e. The van der Waals surface area contributed by atoms with Crippen molar-refractivity contribution in [1.82, 2.24) is 10.0 Å². The molecule has 1 aliphatic rings. The molecule has 1 N–H and O–H groups in total. The van der Waals surface area contributed by atoms with Gasteiger partial charge in [-0.1, -0.05) is 25.4 Å². The fraction of sp³-hybridized carbons (Fsp3) is 0.500. The highest BCUT2D eigenvalue weighted by Gasteiger charge is 2.42. The Labute approximate surface area is 111 Å². The zero-order valence-electron chi connectivity index (χ0n) is 10.8. The van der Waals surface area contributed by atoms with Gasteiger partial charge in [0.1, 0.15) is 18.3 Å². The quantitative estimate of drug-likeness (QED) is 0.904. The van der Waals surface area contributed by atoms with Crippen LogP contribution >= 0.6 is 11.6 Å². The van der Waals surface area contributed by atoms with Gasteiger partial charge < -0.3 is 10.2 Å². The molecule has 0 radical (unpaired) electrons. The maximum Gasteiger partial charge on any atom is 0.253 e. The number of amidine groups is 1. The van der Waals surface area contributed by atoms with Crippen LogP contribution in [0.15, 0.2) is 17.3 Å². The van der Waals surface area contributed by atoms with Gasteiger partial charge in [-0.2, -0.15) is 4.73 Å². The summed E-state index contributed by atoms with van der Waals surface area (Å²) >= 11 is 5.92. The molecule has 6 heteroatoms. The third kappa shape index (κ3) is 1.88. The summed E-state index contributed by atoms with van der Waals surface area (Å²) in [4.78, 5) is 21.7. The summed E-state index contributed by atoms with van der Waals surface area (Å²) in [5, 5.41) is 3.31. The molecule has 18 heavy (non-hydrogen) atoms. The minimum absolute atomic E-state index is 0.104. The number of amides is 1. The maximum atomic E-state index is 12.0. The molecule has 1 aromatic heterocycles. The van der Waals surface area contributed by atoms with Gasteiger partial charge >= 0.3 is 0 Å². The lowest BCUT2D eigenvalue weighted by Crippen LogP contribution is -2.41. The van der Waals surface area contributed by atoms with E-state index in [0.717, 1.165) is 0 Å². The summed E-state index contributed by atoms with van der Waals surface area (Å²) in [6.45, 7) is 5.75. The number of nitrogens with one attached hydrogen (secondary N) is 1. The van der Waals surface area contributed by atoms with E-state index < -0.39 is 5.54 Å². The Kier molecular flexibility index (Phi) is 3.11. The van der Waals surface area contributed by atoms with E-state index in [1.807, 2.05) is 20.8 Å². The largest absolute Gasteiger partial charge is 0.417 e. The van der Waals surface area contributed by atoms with Crippen molar-refractivity contribution in [2.75, 3.05) is 7.11 Å². The molecule has 0 aromatic carbocycles. The van der Waals surface area contributed by atoms with Gasteiger partial charge in [0.15, 0.2) is 5.84 Å². The Morgan fingerprint density at radius 1 is 1.56 bits per heavy atom. The summed E-state index contributed by atoms with van der Waals surface area (Å²) < 4.78 is 1.48. The van der Waals surface area contributed by atoms with Crippen molar-refractivity contribution in [2.45, 2.75) is 26.3 Å². The van der Waals surface area contributed by atoms with E-state index in [2.05, 4.69) is 10.3 Å². The highest BCUT2D eigenvalue weighted by Crippen LogP contribution is 2.27. The molecular weight excluding hydrogens is 254 g/mol.